The highest BCUT2D eigenvalue weighted by Gasteiger charge is 2.50. The first-order valence-corrected chi connectivity index (χ1v) is 12.5. The molecule has 2 aliphatic rings. The number of anilines is 1. The number of nitrogens with one attached hydrogen (secondary N) is 1. The molecule has 7 nitrogen and oxygen atoms in total. The SMILES string of the molecule is Cc1ccc(N2C(=O)CN(S(C)(=O)=O)C[C@]2(C)C(=O)NC2CCCCCC2)c(C)c1. The molecular weight excluding hydrogens is 402 g/mol. The minimum Gasteiger partial charge on any atom is -0.351 e. The number of carbonyl (C=O) groups is 2. The maximum atomic E-state index is 13.6. The smallest absolute Gasteiger partial charge is 0.247 e. The fraction of sp³-hybridized carbons (Fsp3) is 0.636. The summed E-state index contributed by atoms with van der Waals surface area (Å²) in [6.07, 6.45) is 7.37. The van der Waals surface area contributed by atoms with Gasteiger partial charge in [-0.2, -0.15) is 4.31 Å². The second-order valence-electron chi connectivity index (χ2n) is 8.99. The first kappa shape index (κ1) is 22.7. The van der Waals surface area contributed by atoms with E-state index in [-0.39, 0.29) is 25.0 Å². The molecule has 30 heavy (non-hydrogen) atoms. The van der Waals surface area contributed by atoms with Gasteiger partial charge < -0.3 is 5.32 Å². The molecule has 1 aromatic rings. The van der Waals surface area contributed by atoms with Gasteiger partial charge in [0.15, 0.2) is 0 Å². The molecule has 1 atom stereocenters. The van der Waals surface area contributed by atoms with Crippen molar-refractivity contribution in [3.63, 3.8) is 0 Å². The van der Waals surface area contributed by atoms with Crippen LogP contribution in [-0.4, -0.2) is 55.5 Å². The zero-order valence-corrected chi connectivity index (χ0v) is 19.2. The highest BCUT2D eigenvalue weighted by Crippen LogP contribution is 2.33. The lowest BCUT2D eigenvalue weighted by atomic mass is 9.92. The van der Waals surface area contributed by atoms with Crippen molar-refractivity contribution in [3.8, 4) is 0 Å². The van der Waals surface area contributed by atoms with Crippen LogP contribution in [0, 0.1) is 13.8 Å². The van der Waals surface area contributed by atoms with Crippen LogP contribution >= 0.6 is 0 Å². The average Bonchev–Trinajstić information content (AvgIpc) is 2.90. The van der Waals surface area contributed by atoms with Gasteiger partial charge in [-0.15, -0.1) is 0 Å². The van der Waals surface area contributed by atoms with Gasteiger partial charge in [0.2, 0.25) is 21.8 Å². The van der Waals surface area contributed by atoms with Crippen LogP contribution < -0.4 is 10.2 Å². The Morgan fingerprint density at radius 3 is 2.33 bits per heavy atom. The molecule has 1 aliphatic heterocycles. The first-order chi connectivity index (χ1) is 14.0. The van der Waals surface area contributed by atoms with Gasteiger partial charge >= 0.3 is 0 Å². The number of hydrogen-bond acceptors (Lipinski definition) is 4. The fourth-order valence-corrected chi connectivity index (χ4v) is 5.43. The minimum atomic E-state index is -3.62. The molecule has 1 aromatic carbocycles. The van der Waals surface area contributed by atoms with Gasteiger partial charge in [0.05, 0.1) is 12.8 Å². The molecule has 1 saturated heterocycles. The molecule has 1 heterocycles. The molecule has 0 bridgehead atoms. The topological polar surface area (TPSA) is 86.8 Å². The third kappa shape index (κ3) is 4.70. The number of aryl methyl sites for hydroxylation is 2. The Morgan fingerprint density at radius 2 is 1.77 bits per heavy atom. The molecule has 0 spiro atoms. The summed E-state index contributed by atoms with van der Waals surface area (Å²) in [5, 5.41) is 3.14. The summed E-state index contributed by atoms with van der Waals surface area (Å²) in [7, 11) is -3.62. The Kier molecular flexibility index (Phi) is 6.57. The van der Waals surface area contributed by atoms with Crippen molar-refractivity contribution >= 4 is 27.5 Å². The molecule has 8 heteroatoms. The van der Waals surface area contributed by atoms with Crippen molar-refractivity contribution < 1.29 is 18.0 Å². The standard InChI is InChI=1S/C22H33N3O4S/c1-16-11-12-19(17(2)13-16)25-20(26)14-24(30(4,28)29)15-22(25,3)21(27)23-18-9-7-5-6-8-10-18/h11-13,18H,5-10,14-15H2,1-4H3,(H,23,27)/t22-/m1/s1. The molecule has 2 fully saturated rings. The van der Waals surface area contributed by atoms with Crippen LogP contribution in [-0.2, 0) is 19.6 Å². The molecule has 0 unspecified atom stereocenters. The van der Waals surface area contributed by atoms with Crippen LogP contribution in [0.2, 0.25) is 0 Å². The lowest BCUT2D eigenvalue weighted by molar-refractivity contribution is -0.133. The van der Waals surface area contributed by atoms with Crippen molar-refractivity contribution in [1.29, 1.82) is 0 Å². The van der Waals surface area contributed by atoms with Crippen molar-refractivity contribution in [3.05, 3.63) is 29.3 Å². The number of nitrogens with zero attached hydrogens (tertiary/aromatic N) is 2. The maximum Gasteiger partial charge on any atom is 0.247 e. The number of piperazine rings is 1. The van der Waals surface area contributed by atoms with Crippen LogP contribution in [0.4, 0.5) is 5.69 Å². The number of sulfonamides is 1. The number of hydrogen-bond donors (Lipinski definition) is 1. The van der Waals surface area contributed by atoms with Crippen molar-refractivity contribution in [2.24, 2.45) is 0 Å². The molecular formula is C22H33N3O4S. The maximum absolute atomic E-state index is 13.6. The van der Waals surface area contributed by atoms with Crippen molar-refractivity contribution in [1.82, 2.24) is 9.62 Å². The highest BCUT2D eigenvalue weighted by atomic mass is 32.2. The third-order valence-electron chi connectivity index (χ3n) is 6.28. The largest absolute Gasteiger partial charge is 0.351 e. The fourth-order valence-electron chi connectivity index (χ4n) is 4.60. The summed E-state index contributed by atoms with van der Waals surface area (Å²) in [4.78, 5) is 28.3. The van der Waals surface area contributed by atoms with E-state index in [2.05, 4.69) is 5.32 Å². The zero-order chi connectivity index (χ0) is 22.1. The summed E-state index contributed by atoms with van der Waals surface area (Å²) in [6.45, 7) is 5.22. The van der Waals surface area contributed by atoms with E-state index in [0.717, 1.165) is 47.4 Å². The van der Waals surface area contributed by atoms with Crippen LogP contribution in [0.15, 0.2) is 18.2 Å². The number of benzene rings is 1. The average molecular weight is 436 g/mol. The first-order valence-electron chi connectivity index (χ1n) is 10.7. The van der Waals surface area contributed by atoms with E-state index in [1.54, 1.807) is 6.92 Å². The quantitative estimate of drug-likeness (QED) is 0.736. The van der Waals surface area contributed by atoms with Crippen LogP contribution in [0.1, 0.15) is 56.6 Å². The Balaban J connectivity index is 2.00. The summed E-state index contributed by atoms with van der Waals surface area (Å²) >= 11 is 0. The van der Waals surface area contributed by atoms with E-state index in [1.165, 1.54) is 17.7 Å². The van der Waals surface area contributed by atoms with Crippen LogP contribution in [0.25, 0.3) is 0 Å². The Morgan fingerprint density at radius 1 is 1.13 bits per heavy atom. The molecule has 0 radical (unpaired) electrons. The predicted molar refractivity (Wildman–Crippen MR) is 118 cm³/mol. The number of carbonyl (C=O) groups excluding carboxylic acids is 2. The van der Waals surface area contributed by atoms with Gasteiger partial charge in [-0.1, -0.05) is 43.4 Å². The Labute approximate surface area is 179 Å². The normalized spacial score (nSPS) is 24.5. The summed E-state index contributed by atoms with van der Waals surface area (Å²) in [5.74, 6) is -0.687. The highest BCUT2D eigenvalue weighted by molar-refractivity contribution is 7.88. The summed E-state index contributed by atoms with van der Waals surface area (Å²) < 4.78 is 25.6. The molecule has 1 saturated carbocycles. The van der Waals surface area contributed by atoms with E-state index >= 15 is 0 Å². The van der Waals surface area contributed by atoms with Crippen LogP contribution in [0.3, 0.4) is 0 Å². The monoisotopic (exact) mass is 435 g/mol. The second-order valence-corrected chi connectivity index (χ2v) is 11.0. The molecule has 0 aromatic heterocycles. The zero-order valence-electron chi connectivity index (χ0n) is 18.4. The third-order valence-corrected chi connectivity index (χ3v) is 7.48. The predicted octanol–water partition coefficient (Wildman–Crippen LogP) is 2.51. The lowest BCUT2D eigenvalue weighted by Gasteiger charge is -2.47. The second kappa shape index (κ2) is 8.67. The van der Waals surface area contributed by atoms with E-state index in [9.17, 15) is 18.0 Å². The molecule has 3 rings (SSSR count). The van der Waals surface area contributed by atoms with Gasteiger partial charge in [0.25, 0.3) is 0 Å². The minimum absolute atomic E-state index is 0.0569. The number of rotatable bonds is 4. The molecule has 166 valence electrons. The van der Waals surface area contributed by atoms with Crippen molar-refractivity contribution in [2.45, 2.75) is 70.9 Å². The Bertz CT molecular complexity index is 922. The van der Waals surface area contributed by atoms with E-state index in [0.29, 0.717) is 5.69 Å². The lowest BCUT2D eigenvalue weighted by Crippen LogP contribution is -2.70. The van der Waals surface area contributed by atoms with Gasteiger partial charge in [0, 0.05) is 18.3 Å². The van der Waals surface area contributed by atoms with Crippen molar-refractivity contribution in [2.75, 3.05) is 24.2 Å². The van der Waals surface area contributed by atoms with Crippen LogP contribution in [0.5, 0.6) is 0 Å². The molecule has 1 aliphatic carbocycles. The molecule has 1 N–H and O–H groups in total. The van der Waals surface area contributed by atoms with E-state index < -0.39 is 21.5 Å². The van der Waals surface area contributed by atoms with E-state index in [4.69, 9.17) is 0 Å². The van der Waals surface area contributed by atoms with E-state index in [1.807, 2.05) is 32.0 Å². The number of amides is 2. The summed E-state index contributed by atoms with van der Waals surface area (Å²) in [5.41, 5.74) is 1.26. The Hall–Kier alpha value is -1.93. The van der Waals surface area contributed by atoms with Gasteiger partial charge in [-0.3, -0.25) is 14.5 Å². The van der Waals surface area contributed by atoms with Gasteiger partial charge in [0.1, 0.15) is 5.54 Å². The summed E-state index contributed by atoms with van der Waals surface area (Å²) in [6, 6.07) is 5.77. The van der Waals surface area contributed by atoms with Gasteiger partial charge in [-0.05, 0) is 45.2 Å². The molecule has 2 amide bonds. The van der Waals surface area contributed by atoms with Gasteiger partial charge in [-0.25, -0.2) is 8.42 Å².